The average Bonchev–Trinajstić information content (AvgIpc) is 3.39. The highest BCUT2D eigenvalue weighted by Gasteiger charge is 2.23. The number of ether oxygens (including phenoxy) is 2. The van der Waals surface area contributed by atoms with Gasteiger partial charge in [0.2, 0.25) is 5.90 Å². The first-order valence-electron chi connectivity index (χ1n) is 9.22. The van der Waals surface area contributed by atoms with Gasteiger partial charge < -0.3 is 13.9 Å². The maximum absolute atomic E-state index is 12.1. The van der Waals surface area contributed by atoms with Gasteiger partial charge in [-0.1, -0.05) is 30.3 Å². The molecular formula is C23H16N2O6. The van der Waals surface area contributed by atoms with E-state index in [0.29, 0.717) is 17.1 Å². The number of nitro benzene ring substituents is 1. The van der Waals surface area contributed by atoms with E-state index in [9.17, 15) is 14.9 Å². The number of esters is 1. The number of furan rings is 1. The molecule has 0 saturated heterocycles. The van der Waals surface area contributed by atoms with Gasteiger partial charge in [-0.2, -0.15) is 0 Å². The quantitative estimate of drug-likeness (QED) is 0.246. The number of nitrogens with zero attached hydrogens (tertiary/aromatic N) is 2. The number of hydrogen-bond donors (Lipinski definition) is 0. The Hall–Kier alpha value is -4.46. The Bertz CT molecular complexity index is 1240. The summed E-state index contributed by atoms with van der Waals surface area (Å²) in [6.45, 7) is 0. The molecule has 0 unspecified atom stereocenters. The molecule has 0 amide bonds. The number of nitro groups is 1. The number of benzene rings is 2. The maximum atomic E-state index is 12.1. The molecule has 1 aromatic heterocycles. The lowest BCUT2D eigenvalue weighted by molar-refractivity contribution is -0.384. The van der Waals surface area contributed by atoms with Crippen molar-refractivity contribution in [2.24, 2.45) is 4.99 Å². The summed E-state index contributed by atoms with van der Waals surface area (Å²) >= 11 is 0. The van der Waals surface area contributed by atoms with E-state index in [0.717, 1.165) is 5.56 Å². The van der Waals surface area contributed by atoms with Gasteiger partial charge in [0, 0.05) is 12.2 Å². The predicted octanol–water partition coefficient (Wildman–Crippen LogP) is 4.87. The molecule has 2 aromatic carbocycles. The molecule has 0 aliphatic carbocycles. The first-order chi connectivity index (χ1) is 15.0. The molecule has 8 nitrogen and oxygen atoms in total. The minimum Gasteiger partial charge on any atom is -0.497 e. The number of aliphatic imine (C=N–C) groups is 1. The van der Waals surface area contributed by atoms with E-state index >= 15 is 0 Å². The Morgan fingerprint density at radius 3 is 2.61 bits per heavy atom. The zero-order valence-electron chi connectivity index (χ0n) is 16.3. The molecular weight excluding hydrogens is 400 g/mol. The van der Waals surface area contributed by atoms with E-state index in [1.54, 1.807) is 36.4 Å². The minimum absolute atomic E-state index is 0.0674. The molecule has 8 heteroatoms. The second kappa shape index (κ2) is 8.50. The van der Waals surface area contributed by atoms with Gasteiger partial charge in [0.15, 0.2) is 5.70 Å². The molecule has 4 rings (SSSR count). The fourth-order valence-corrected chi connectivity index (χ4v) is 2.94. The molecule has 0 atom stereocenters. The smallest absolute Gasteiger partial charge is 0.363 e. The van der Waals surface area contributed by atoms with Crippen molar-refractivity contribution in [3.63, 3.8) is 0 Å². The second-order valence-corrected chi connectivity index (χ2v) is 6.46. The Kier molecular flexibility index (Phi) is 5.44. The summed E-state index contributed by atoms with van der Waals surface area (Å²) < 4.78 is 15.9. The van der Waals surface area contributed by atoms with Crippen molar-refractivity contribution in [1.82, 2.24) is 0 Å². The third-order valence-corrected chi connectivity index (χ3v) is 4.43. The van der Waals surface area contributed by atoms with E-state index in [1.807, 2.05) is 30.3 Å². The number of hydrogen-bond acceptors (Lipinski definition) is 7. The number of cyclic esters (lactones) is 1. The first-order valence-corrected chi connectivity index (χ1v) is 9.22. The van der Waals surface area contributed by atoms with Crippen LogP contribution in [-0.2, 0) is 9.53 Å². The topological polar surface area (TPSA) is 104 Å². The van der Waals surface area contributed by atoms with Crippen LogP contribution < -0.4 is 4.74 Å². The van der Waals surface area contributed by atoms with Crippen molar-refractivity contribution in [1.29, 1.82) is 0 Å². The van der Waals surface area contributed by atoms with Crippen LogP contribution in [0.25, 0.3) is 23.5 Å². The molecule has 2 heterocycles. The van der Waals surface area contributed by atoms with E-state index in [4.69, 9.17) is 13.9 Å². The molecule has 31 heavy (non-hydrogen) atoms. The van der Waals surface area contributed by atoms with Crippen LogP contribution in [-0.4, -0.2) is 23.9 Å². The highest BCUT2D eigenvalue weighted by Crippen LogP contribution is 2.34. The lowest BCUT2D eigenvalue weighted by Gasteiger charge is -2.03. The number of carbonyl (C=O) groups excluding carboxylic acids is 1. The van der Waals surface area contributed by atoms with Crippen LogP contribution in [0.15, 0.2) is 81.8 Å². The van der Waals surface area contributed by atoms with Crippen molar-refractivity contribution >= 4 is 29.7 Å². The average molecular weight is 416 g/mol. The van der Waals surface area contributed by atoms with Crippen molar-refractivity contribution in [2.45, 2.75) is 0 Å². The second-order valence-electron chi connectivity index (χ2n) is 6.46. The van der Waals surface area contributed by atoms with Crippen LogP contribution in [0.5, 0.6) is 5.75 Å². The minimum atomic E-state index is -0.610. The Labute approximate surface area is 176 Å². The van der Waals surface area contributed by atoms with E-state index in [-0.39, 0.29) is 23.0 Å². The van der Waals surface area contributed by atoms with Crippen molar-refractivity contribution < 1.29 is 23.6 Å². The molecule has 154 valence electrons. The molecule has 0 saturated carbocycles. The van der Waals surface area contributed by atoms with Crippen molar-refractivity contribution in [3.8, 4) is 17.1 Å². The van der Waals surface area contributed by atoms with E-state index in [2.05, 4.69) is 4.99 Å². The maximum Gasteiger partial charge on any atom is 0.363 e. The largest absolute Gasteiger partial charge is 0.497 e. The summed E-state index contributed by atoms with van der Waals surface area (Å²) in [5.41, 5.74) is 1.15. The molecule has 1 aliphatic heterocycles. The van der Waals surface area contributed by atoms with Gasteiger partial charge in [-0.25, -0.2) is 9.79 Å². The Morgan fingerprint density at radius 1 is 1.06 bits per heavy atom. The molecule has 0 radical (unpaired) electrons. The SMILES string of the molecule is COc1ccc(-c2ccc(/C=C3N=C(/C=C/c4ccccc4)OC\3=O)o2)c([N+](=O)[O-])c1. The Morgan fingerprint density at radius 2 is 1.87 bits per heavy atom. The first kappa shape index (κ1) is 19.8. The van der Waals surface area contributed by atoms with Gasteiger partial charge in [0.25, 0.3) is 5.69 Å². The highest BCUT2D eigenvalue weighted by atomic mass is 16.6. The van der Waals surface area contributed by atoms with Crippen LogP contribution in [0.2, 0.25) is 0 Å². The van der Waals surface area contributed by atoms with Gasteiger partial charge in [-0.3, -0.25) is 10.1 Å². The van der Waals surface area contributed by atoms with Crippen LogP contribution in [0.3, 0.4) is 0 Å². The third kappa shape index (κ3) is 4.43. The van der Waals surface area contributed by atoms with Gasteiger partial charge in [0.05, 0.1) is 23.7 Å². The highest BCUT2D eigenvalue weighted by molar-refractivity contribution is 6.11. The number of rotatable bonds is 6. The monoisotopic (exact) mass is 416 g/mol. The van der Waals surface area contributed by atoms with Crippen molar-refractivity contribution in [2.75, 3.05) is 7.11 Å². The van der Waals surface area contributed by atoms with Crippen LogP contribution >= 0.6 is 0 Å². The summed E-state index contributed by atoms with van der Waals surface area (Å²) in [5, 5.41) is 11.4. The standard InChI is InChI=1S/C23H16N2O6/c1-29-16-8-10-18(20(14-16)25(27)28)21-11-9-17(30-21)13-19-23(26)31-22(24-19)12-7-15-5-3-2-4-6-15/h2-14H,1H3/b12-7+,19-13-. The van der Waals surface area contributed by atoms with Crippen LogP contribution in [0.1, 0.15) is 11.3 Å². The fourth-order valence-electron chi connectivity index (χ4n) is 2.94. The summed E-state index contributed by atoms with van der Waals surface area (Å²) in [6.07, 6.45) is 4.80. The molecule has 0 N–H and O–H groups in total. The zero-order chi connectivity index (χ0) is 21.8. The molecule has 0 spiro atoms. The van der Waals surface area contributed by atoms with Gasteiger partial charge in [-0.15, -0.1) is 0 Å². The molecule has 0 bridgehead atoms. The molecule has 0 fully saturated rings. The summed E-state index contributed by atoms with van der Waals surface area (Å²) in [7, 11) is 1.43. The summed E-state index contributed by atoms with van der Waals surface area (Å²) in [6, 6.07) is 17.2. The number of carbonyl (C=O) groups is 1. The van der Waals surface area contributed by atoms with E-state index < -0.39 is 10.9 Å². The van der Waals surface area contributed by atoms with Gasteiger partial charge in [-0.05, 0) is 35.9 Å². The van der Waals surface area contributed by atoms with Gasteiger partial charge in [0.1, 0.15) is 17.3 Å². The van der Waals surface area contributed by atoms with Crippen LogP contribution in [0, 0.1) is 10.1 Å². The summed E-state index contributed by atoms with van der Waals surface area (Å²) in [4.78, 5) is 27.2. The lowest BCUT2D eigenvalue weighted by Crippen LogP contribution is -2.01. The van der Waals surface area contributed by atoms with Crippen molar-refractivity contribution in [3.05, 3.63) is 93.9 Å². The predicted molar refractivity (Wildman–Crippen MR) is 114 cm³/mol. The summed E-state index contributed by atoms with van der Waals surface area (Å²) in [5.74, 6) is 0.507. The number of methoxy groups -OCH3 is 1. The fraction of sp³-hybridized carbons (Fsp3) is 0.0435. The van der Waals surface area contributed by atoms with Gasteiger partial charge >= 0.3 is 5.97 Å². The molecule has 3 aromatic rings. The lowest BCUT2D eigenvalue weighted by atomic mass is 10.1. The molecule has 1 aliphatic rings. The normalized spacial score (nSPS) is 14.7. The van der Waals surface area contributed by atoms with E-state index in [1.165, 1.54) is 19.3 Å². The third-order valence-electron chi connectivity index (χ3n) is 4.43. The Balaban J connectivity index is 1.58. The van der Waals surface area contributed by atoms with Crippen LogP contribution in [0.4, 0.5) is 5.69 Å². The zero-order valence-corrected chi connectivity index (χ0v) is 16.3.